The molecule has 1 rings (SSSR count). The number of carbonyl (C=O) groups is 1. The van der Waals surface area contributed by atoms with Gasteiger partial charge in [0, 0.05) is 11.4 Å². The highest BCUT2D eigenvalue weighted by Gasteiger charge is 2.05. The predicted octanol–water partition coefficient (Wildman–Crippen LogP) is 3.04. The third-order valence-electron chi connectivity index (χ3n) is 2.32. The zero-order valence-corrected chi connectivity index (χ0v) is 10.6. The lowest BCUT2D eigenvalue weighted by Gasteiger charge is -2.10. The fourth-order valence-electron chi connectivity index (χ4n) is 1.39. The molecule has 1 aromatic carbocycles. The second kappa shape index (κ2) is 6.13. The van der Waals surface area contributed by atoms with Gasteiger partial charge in [0.1, 0.15) is 0 Å². The summed E-state index contributed by atoms with van der Waals surface area (Å²) in [6, 6.07) is 5.48. The van der Waals surface area contributed by atoms with Crippen molar-refractivity contribution in [3.63, 3.8) is 0 Å². The van der Waals surface area contributed by atoms with Gasteiger partial charge in [0.2, 0.25) is 0 Å². The summed E-state index contributed by atoms with van der Waals surface area (Å²) in [7, 11) is 0. The molecule has 0 atom stereocenters. The summed E-state index contributed by atoms with van der Waals surface area (Å²) in [6.45, 7) is 6.42. The lowest BCUT2D eigenvalue weighted by atomic mass is 10.1. The molecule has 0 aromatic heterocycles. The number of aryl methyl sites for hydroxylation is 1. The first-order chi connectivity index (χ1) is 8.02. The molecule has 0 unspecified atom stereocenters. The molecule has 0 heterocycles. The van der Waals surface area contributed by atoms with Crippen molar-refractivity contribution in [1.29, 1.82) is 0 Å². The van der Waals surface area contributed by atoms with Crippen LogP contribution < -0.4 is 11.1 Å². The minimum atomic E-state index is -0.442. The first kappa shape index (κ1) is 13.4. The summed E-state index contributed by atoms with van der Waals surface area (Å²) in [5, 5.41) is 2.65. The van der Waals surface area contributed by atoms with E-state index in [1.165, 1.54) is 0 Å². The molecule has 0 aliphatic carbocycles. The van der Waals surface area contributed by atoms with Crippen molar-refractivity contribution in [1.82, 2.24) is 0 Å². The summed E-state index contributed by atoms with van der Waals surface area (Å²) in [6.07, 6.45) is 0.437. The first-order valence-corrected chi connectivity index (χ1v) is 5.85. The van der Waals surface area contributed by atoms with Crippen LogP contribution in [0.15, 0.2) is 18.2 Å². The molecule has 0 aliphatic rings. The summed E-state index contributed by atoms with van der Waals surface area (Å²) >= 11 is 0. The first-order valence-electron chi connectivity index (χ1n) is 5.85. The number of nitrogen functional groups attached to an aromatic ring is 1. The number of anilines is 2. The Bertz CT molecular complexity index is 389. The van der Waals surface area contributed by atoms with Gasteiger partial charge in [-0.05, 0) is 30.0 Å². The molecule has 1 amide bonds. The SMILES string of the molecule is CCc1ccc(NC(=O)OCC(C)C)cc1N. The zero-order chi connectivity index (χ0) is 12.8. The van der Waals surface area contributed by atoms with E-state index in [1.54, 1.807) is 6.07 Å². The molecular weight excluding hydrogens is 216 g/mol. The zero-order valence-electron chi connectivity index (χ0n) is 10.6. The third-order valence-corrected chi connectivity index (χ3v) is 2.32. The number of nitrogens with two attached hydrogens (primary N) is 1. The van der Waals surface area contributed by atoms with Crippen molar-refractivity contribution in [2.75, 3.05) is 17.7 Å². The maximum Gasteiger partial charge on any atom is 0.411 e. The molecule has 0 saturated heterocycles. The summed E-state index contributed by atoms with van der Waals surface area (Å²) in [5.41, 5.74) is 8.26. The molecule has 1 aromatic rings. The molecule has 4 nitrogen and oxygen atoms in total. The van der Waals surface area contributed by atoms with Crippen molar-refractivity contribution in [2.45, 2.75) is 27.2 Å². The van der Waals surface area contributed by atoms with Crippen LogP contribution in [0.25, 0.3) is 0 Å². The van der Waals surface area contributed by atoms with E-state index in [4.69, 9.17) is 10.5 Å². The number of rotatable bonds is 4. The molecule has 0 radical (unpaired) electrons. The van der Waals surface area contributed by atoms with Gasteiger partial charge in [-0.1, -0.05) is 26.8 Å². The van der Waals surface area contributed by atoms with Crippen molar-refractivity contribution in [3.05, 3.63) is 23.8 Å². The Hall–Kier alpha value is -1.71. The van der Waals surface area contributed by atoms with Crippen LogP contribution in [0.4, 0.5) is 16.2 Å². The fraction of sp³-hybridized carbons (Fsp3) is 0.462. The van der Waals surface area contributed by atoms with Crippen LogP contribution in [-0.4, -0.2) is 12.7 Å². The van der Waals surface area contributed by atoms with Gasteiger partial charge in [-0.3, -0.25) is 5.32 Å². The van der Waals surface area contributed by atoms with Crippen molar-refractivity contribution in [2.24, 2.45) is 5.92 Å². The van der Waals surface area contributed by atoms with Gasteiger partial charge in [-0.15, -0.1) is 0 Å². The Morgan fingerprint density at radius 1 is 1.47 bits per heavy atom. The molecular formula is C13H20N2O2. The normalized spacial score (nSPS) is 10.4. The van der Waals surface area contributed by atoms with Gasteiger partial charge in [0.25, 0.3) is 0 Å². The van der Waals surface area contributed by atoms with Gasteiger partial charge >= 0.3 is 6.09 Å². The molecule has 0 spiro atoms. The van der Waals surface area contributed by atoms with Crippen LogP contribution in [0.1, 0.15) is 26.3 Å². The largest absolute Gasteiger partial charge is 0.449 e. The van der Waals surface area contributed by atoms with Crippen LogP contribution in [0, 0.1) is 5.92 Å². The summed E-state index contributed by atoms with van der Waals surface area (Å²) in [5.74, 6) is 0.327. The van der Waals surface area contributed by atoms with Gasteiger partial charge in [-0.2, -0.15) is 0 Å². The van der Waals surface area contributed by atoms with E-state index in [9.17, 15) is 4.79 Å². The fourth-order valence-corrected chi connectivity index (χ4v) is 1.39. The topological polar surface area (TPSA) is 64.3 Å². The number of hydrogen-bond donors (Lipinski definition) is 2. The van der Waals surface area contributed by atoms with Crippen molar-refractivity contribution < 1.29 is 9.53 Å². The Morgan fingerprint density at radius 3 is 2.71 bits per heavy atom. The second-order valence-corrected chi connectivity index (χ2v) is 4.38. The quantitative estimate of drug-likeness (QED) is 0.790. The maximum atomic E-state index is 11.4. The number of ether oxygens (including phenoxy) is 1. The Kier molecular flexibility index (Phi) is 4.82. The molecule has 17 heavy (non-hydrogen) atoms. The average Bonchev–Trinajstić information content (AvgIpc) is 2.26. The molecule has 3 N–H and O–H groups in total. The van der Waals surface area contributed by atoms with E-state index in [2.05, 4.69) is 5.32 Å². The summed E-state index contributed by atoms with van der Waals surface area (Å²) in [4.78, 5) is 11.4. The molecule has 0 fully saturated rings. The van der Waals surface area contributed by atoms with E-state index in [-0.39, 0.29) is 0 Å². The third kappa shape index (κ3) is 4.34. The highest BCUT2D eigenvalue weighted by molar-refractivity contribution is 5.85. The number of nitrogens with one attached hydrogen (secondary N) is 1. The van der Waals surface area contributed by atoms with Gasteiger partial charge in [0.15, 0.2) is 0 Å². The number of amides is 1. The van der Waals surface area contributed by atoms with Crippen LogP contribution in [-0.2, 0) is 11.2 Å². The molecule has 0 bridgehead atoms. The minimum Gasteiger partial charge on any atom is -0.449 e. The van der Waals surface area contributed by atoms with Crippen LogP contribution in [0.5, 0.6) is 0 Å². The molecule has 0 saturated carbocycles. The molecule has 94 valence electrons. The van der Waals surface area contributed by atoms with Crippen molar-refractivity contribution >= 4 is 17.5 Å². The number of benzene rings is 1. The smallest absolute Gasteiger partial charge is 0.411 e. The highest BCUT2D eigenvalue weighted by atomic mass is 16.5. The monoisotopic (exact) mass is 236 g/mol. The highest BCUT2D eigenvalue weighted by Crippen LogP contribution is 2.18. The van der Waals surface area contributed by atoms with E-state index < -0.39 is 6.09 Å². The van der Waals surface area contributed by atoms with E-state index in [1.807, 2.05) is 32.9 Å². The summed E-state index contributed by atoms with van der Waals surface area (Å²) < 4.78 is 5.01. The Morgan fingerprint density at radius 2 is 2.18 bits per heavy atom. The Labute approximate surface area is 102 Å². The van der Waals surface area contributed by atoms with Crippen LogP contribution >= 0.6 is 0 Å². The average molecular weight is 236 g/mol. The molecule has 4 heteroatoms. The lowest BCUT2D eigenvalue weighted by molar-refractivity contribution is 0.147. The van der Waals surface area contributed by atoms with Gasteiger partial charge in [-0.25, -0.2) is 4.79 Å². The Balaban J connectivity index is 2.57. The molecule has 0 aliphatic heterocycles. The van der Waals surface area contributed by atoms with E-state index >= 15 is 0 Å². The number of hydrogen-bond acceptors (Lipinski definition) is 3. The van der Waals surface area contributed by atoms with E-state index in [0.717, 1.165) is 12.0 Å². The lowest BCUT2D eigenvalue weighted by Crippen LogP contribution is -2.16. The second-order valence-electron chi connectivity index (χ2n) is 4.38. The van der Waals surface area contributed by atoms with Crippen LogP contribution in [0.3, 0.4) is 0 Å². The maximum absolute atomic E-state index is 11.4. The minimum absolute atomic E-state index is 0.327. The van der Waals surface area contributed by atoms with Crippen molar-refractivity contribution in [3.8, 4) is 0 Å². The predicted molar refractivity (Wildman–Crippen MR) is 70.0 cm³/mol. The van der Waals surface area contributed by atoms with Crippen LogP contribution in [0.2, 0.25) is 0 Å². The standard InChI is InChI=1S/C13H20N2O2/c1-4-10-5-6-11(7-12(10)14)15-13(16)17-8-9(2)3/h5-7,9H,4,8,14H2,1-3H3,(H,15,16). The number of carbonyl (C=O) groups excluding carboxylic acids is 1. The van der Waals surface area contributed by atoms with Gasteiger partial charge < -0.3 is 10.5 Å². The van der Waals surface area contributed by atoms with E-state index in [0.29, 0.717) is 23.9 Å². The van der Waals surface area contributed by atoms with Gasteiger partial charge in [0.05, 0.1) is 6.61 Å².